The molecule has 0 radical (unpaired) electrons. The number of nitrogen functional groups attached to an aromatic ring is 1. The number of nitrogens with two attached hydrogens (primary N) is 1. The quantitative estimate of drug-likeness (QED) is 0.665. The van der Waals surface area contributed by atoms with Crippen molar-refractivity contribution in [3.8, 4) is 17.0 Å². The molecule has 0 spiro atoms. The van der Waals surface area contributed by atoms with Gasteiger partial charge in [-0.3, -0.25) is 10.1 Å². The number of aromatic nitrogens is 1. The average molecular weight is 277 g/mol. The highest BCUT2D eigenvalue weighted by molar-refractivity contribution is 5.76. The fourth-order valence-electron chi connectivity index (χ4n) is 2.03. The molecule has 0 aliphatic carbocycles. The van der Waals surface area contributed by atoms with Crippen LogP contribution >= 0.6 is 0 Å². The van der Waals surface area contributed by atoms with Crippen LogP contribution in [-0.2, 0) is 6.42 Å². The summed E-state index contributed by atoms with van der Waals surface area (Å²) in [5.41, 5.74) is 7.31. The minimum Gasteiger partial charge on any atom is -0.487 e. The van der Waals surface area contributed by atoms with E-state index in [-0.39, 0.29) is 17.3 Å². The van der Waals surface area contributed by atoms with E-state index in [9.17, 15) is 10.1 Å². The van der Waals surface area contributed by atoms with Gasteiger partial charge in [0.15, 0.2) is 0 Å². The molecule has 0 saturated heterocycles. The van der Waals surface area contributed by atoms with Crippen molar-refractivity contribution < 1.29 is 14.2 Å². The number of nitrogens with zero attached hydrogens (tertiary/aromatic N) is 2. The molecule has 0 atom stereocenters. The maximum atomic E-state index is 11.1. The molecule has 0 unspecified atom stereocenters. The maximum Gasteiger partial charge on any atom is 0.311 e. The predicted octanol–water partition coefficient (Wildman–Crippen LogP) is 2.79. The predicted molar refractivity (Wildman–Crippen MR) is 73.6 cm³/mol. The van der Waals surface area contributed by atoms with E-state index in [2.05, 4.69) is 5.16 Å². The summed E-state index contributed by atoms with van der Waals surface area (Å²) in [6.45, 7) is 3.98. The van der Waals surface area contributed by atoms with Crippen LogP contribution in [0.25, 0.3) is 11.3 Å². The van der Waals surface area contributed by atoms with Gasteiger partial charge in [0.1, 0.15) is 5.69 Å². The maximum absolute atomic E-state index is 11.1. The largest absolute Gasteiger partial charge is 0.487 e. The molecular formula is C13H15N3O4. The van der Waals surface area contributed by atoms with E-state index in [0.29, 0.717) is 29.8 Å². The molecular weight excluding hydrogens is 262 g/mol. The molecule has 0 fully saturated rings. The van der Waals surface area contributed by atoms with Gasteiger partial charge < -0.3 is 15.0 Å². The van der Waals surface area contributed by atoms with Gasteiger partial charge in [-0.05, 0) is 19.4 Å². The van der Waals surface area contributed by atoms with Crippen molar-refractivity contribution in [3.63, 3.8) is 0 Å². The molecule has 7 nitrogen and oxygen atoms in total. The Kier molecular flexibility index (Phi) is 3.88. The fraction of sp³-hybridized carbons (Fsp3) is 0.308. The molecule has 0 saturated carbocycles. The first kappa shape index (κ1) is 13.9. The van der Waals surface area contributed by atoms with Crippen LogP contribution in [0.3, 0.4) is 0 Å². The molecule has 1 aromatic heterocycles. The summed E-state index contributed by atoms with van der Waals surface area (Å²) in [7, 11) is 0. The Hall–Kier alpha value is -2.57. The van der Waals surface area contributed by atoms with Crippen LogP contribution in [0.15, 0.2) is 22.7 Å². The highest BCUT2D eigenvalue weighted by atomic mass is 16.6. The van der Waals surface area contributed by atoms with Crippen LogP contribution in [-0.4, -0.2) is 16.7 Å². The molecule has 0 aliphatic rings. The van der Waals surface area contributed by atoms with Crippen LogP contribution in [0.5, 0.6) is 5.75 Å². The van der Waals surface area contributed by atoms with Gasteiger partial charge in [0, 0.05) is 11.6 Å². The third kappa shape index (κ3) is 2.29. The summed E-state index contributed by atoms with van der Waals surface area (Å²) in [4.78, 5) is 10.6. The van der Waals surface area contributed by atoms with Crippen molar-refractivity contribution in [3.05, 3.63) is 33.9 Å². The lowest BCUT2D eigenvalue weighted by atomic mass is 10.0. The van der Waals surface area contributed by atoms with Gasteiger partial charge in [0.25, 0.3) is 0 Å². The van der Waals surface area contributed by atoms with Crippen molar-refractivity contribution in [2.24, 2.45) is 0 Å². The van der Waals surface area contributed by atoms with Gasteiger partial charge >= 0.3 is 5.69 Å². The molecule has 20 heavy (non-hydrogen) atoms. The zero-order chi connectivity index (χ0) is 14.7. The summed E-state index contributed by atoms with van der Waals surface area (Å²) in [6, 6.07) is 4.68. The lowest BCUT2D eigenvalue weighted by Crippen LogP contribution is -2.00. The van der Waals surface area contributed by atoms with Gasteiger partial charge in [0.2, 0.25) is 11.6 Å². The Morgan fingerprint density at radius 3 is 2.80 bits per heavy atom. The van der Waals surface area contributed by atoms with Crippen molar-refractivity contribution in [2.75, 3.05) is 12.3 Å². The Morgan fingerprint density at radius 2 is 2.20 bits per heavy atom. The van der Waals surface area contributed by atoms with Crippen molar-refractivity contribution in [2.45, 2.75) is 20.3 Å². The van der Waals surface area contributed by atoms with E-state index in [1.807, 2.05) is 6.92 Å². The summed E-state index contributed by atoms with van der Waals surface area (Å²) in [5.74, 6) is 0.402. The lowest BCUT2D eigenvalue weighted by Gasteiger charge is -2.09. The minimum atomic E-state index is -0.483. The molecule has 2 rings (SSSR count). The van der Waals surface area contributed by atoms with Crippen molar-refractivity contribution >= 4 is 11.6 Å². The first-order valence-corrected chi connectivity index (χ1v) is 6.24. The Bertz CT molecular complexity index is 637. The number of ether oxygens (including phenoxy) is 1. The SMILES string of the molecule is CCOc1c(-c2noc(N)c2CC)cccc1[N+](=O)[O-]. The van der Waals surface area contributed by atoms with E-state index in [0.717, 1.165) is 0 Å². The van der Waals surface area contributed by atoms with E-state index in [4.69, 9.17) is 15.0 Å². The van der Waals surface area contributed by atoms with Crippen molar-refractivity contribution in [1.29, 1.82) is 0 Å². The number of benzene rings is 1. The Labute approximate surface area is 115 Å². The van der Waals surface area contributed by atoms with E-state index in [1.54, 1.807) is 19.1 Å². The molecule has 2 N–H and O–H groups in total. The zero-order valence-corrected chi connectivity index (χ0v) is 11.3. The van der Waals surface area contributed by atoms with Crippen LogP contribution in [0, 0.1) is 10.1 Å². The van der Waals surface area contributed by atoms with Gasteiger partial charge in [-0.2, -0.15) is 0 Å². The second-order valence-electron chi connectivity index (χ2n) is 4.07. The number of hydrogen-bond donors (Lipinski definition) is 1. The van der Waals surface area contributed by atoms with Crippen molar-refractivity contribution in [1.82, 2.24) is 5.16 Å². The van der Waals surface area contributed by atoms with Crippen LogP contribution in [0.4, 0.5) is 11.6 Å². The molecule has 0 bridgehead atoms. The van der Waals surface area contributed by atoms with Gasteiger partial charge in [0.05, 0.1) is 17.1 Å². The Balaban J connectivity index is 2.66. The highest BCUT2D eigenvalue weighted by Crippen LogP contribution is 2.39. The van der Waals surface area contributed by atoms with Gasteiger partial charge in [-0.1, -0.05) is 18.1 Å². The van der Waals surface area contributed by atoms with E-state index in [1.165, 1.54) is 6.07 Å². The number of rotatable bonds is 5. The second kappa shape index (κ2) is 5.60. The third-order valence-electron chi connectivity index (χ3n) is 2.91. The molecule has 0 aliphatic heterocycles. The minimum absolute atomic E-state index is 0.104. The topological polar surface area (TPSA) is 104 Å². The number of nitro benzene ring substituents is 1. The lowest BCUT2D eigenvalue weighted by molar-refractivity contribution is -0.385. The molecule has 106 valence electrons. The Morgan fingerprint density at radius 1 is 1.45 bits per heavy atom. The zero-order valence-electron chi connectivity index (χ0n) is 11.3. The van der Waals surface area contributed by atoms with Crippen LogP contribution in [0.2, 0.25) is 0 Å². The van der Waals surface area contributed by atoms with Gasteiger partial charge in [-0.15, -0.1) is 0 Å². The first-order valence-electron chi connectivity index (χ1n) is 6.24. The van der Waals surface area contributed by atoms with Gasteiger partial charge in [-0.25, -0.2) is 0 Å². The molecule has 1 aromatic carbocycles. The molecule has 2 aromatic rings. The molecule has 0 amide bonds. The third-order valence-corrected chi connectivity index (χ3v) is 2.91. The molecule has 1 heterocycles. The monoisotopic (exact) mass is 277 g/mol. The highest BCUT2D eigenvalue weighted by Gasteiger charge is 2.24. The number of hydrogen-bond acceptors (Lipinski definition) is 6. The fourth-order valence-corrected chi connectivity index (χ4v) is 2.03. The second-order valence-corrected chi connectivity index (χ2v) is 4.07. The smallest absolute Gasteiger partial charge is 0.311 e. The average Bonchev–Trinajstić information content (AvgIpc) is 2.80. The first-order chi connectivity index (χ1) is 9.60. The number of para-hydroxylation sites is 1. The van der Waals surface area contributed by atoms with Crippen LogP contribution < -0.4 is 10.5 Å². The summed E-state index contributed by atoms with van der Waals surface area (Å²) in [5, 5.41) is 15.0. The standard InChI is InChI=1S/C13H15N3O4/c1-3-8-11(15-20-13(8)14)9-6-5-7-10(16(17)18)12(9)19-4-2/h5-7H,3-4,14H2,1-2H3. The normalized spacial score (nSPS) is 10.5. The van der Waals surface area contributed by atoms with E-state index >= 15 is 0 Å². The summed E-state index contributed by atoms with van der Waals surface area (Å²) >= 11 is 0. The van der Waals surface area contributed by atoms with E-state index < -0.39 is 4.92 Å². The number of anilines is 1. The summed E-state index contributed by atoms with van der Waals surface area (Å²) in [6.07, 6.45) is 0.610. The number of nitro groups is 1. The van der Waals surface area contributed by atoms with Crippen LogP contribution in [0.1, 0.15) is 19.4 Å². The molecule has 7 heteroatoms. The summed E-state index contributed by atoms with van der Waals surface area (Å²) < 4.78 is 10.4.